The van der Waals surface area contributed by atoms with Crippen LogP contribution in [0.3, 0.4) is 0 Å². The van der Waals surface area contributed by atoms with Crippen molar-refractivity contribution in [1.82, 2.24) is 0 Å². The Labute approximate surface area is 89.2 Å². The van der Waals surface area contributed by atoms with Gasteiger partial charge in [-0.15, -0.1) is 0 Å². The number of carbonyl (C=O) groups is 1. The Kier molecular flexibility index (Phi) is 4.01. The molecule has 0 aromatic rings. The van der Waals surface area contributed by atoms with Crippen molar-refractivity contribution in [2.24, 2.45) is 0 Å². The topological polar surface area (TPSA) is 87.0 Å². The zero-order valence-electron chi connectivity index (χ0n) is 9.25. The summed E-state index contributed by atoms with van der Waals surface area (Å²) in [5, 5.41) is 0. The summed E-state index contributed by atoms with van der Waals surface area (Å²) in [6.07, 6.45) is 1.02. The summed E-state index contributed by atoms with van der Waals surface area (Å²) in [6, 6.07) is 0. The molecular weight excluding hydrogens is 221 g/mol. The van der Waals surface area contributed by atoms with E-state index >= 15 is 0 Å². The molecule has 0 radical (unpaired) electrons. The molecule has 0 bridgehead atoms. The molecule has 15 heavy (non-hydrogen) atoms. The van der Waals surface area contributed by atoms with Crippen molar-refractivity contribution < 1.29 is 28.5 Å². The van der Waals surface area contributed by atoms with Crippen LogP contribution in [0, 0.1) is 0 Å². The molecule has 90 valence electrons. The molecule has 0 saturated carbocycles. The first-order valence-corrected chi connectivity index (χ1v) is 6.85. The van der Waals surface area contributed by atoms with Gasteiger partial charge in [-0.1, -0.05) is 0 Å². The van der Waals surface area contributed by atoms with Crippen molar-refractivity contribution >= 4 is 13.4 Å². The van der Waals surface area contributed by atoms with E-state index in [4.69, 9.17) is 0 Å². The van der Waals surface area contributed by atoms with Gasteiger partial charge in [-0.25, -0.2) is 0 Å². The van der Waals surface area contributed by atoms with Gasteiger partial charge in [0, 0.05) is 0 Å². The number of esters is 1. The molecule has 0 saturated heterocycles. The molecule has 0 unspecified atom stereocenters. The van der Waals surface area contributed by atoms with E-state index in [-0.39, 0.29) is 13.2 Å². The van der Waals surface area contributed by atoms with Crippen LogP contribution in [-0.2, 0) is 9.53 Å². The number of likely N-dealkylation sites (N-methyl/N-ethyl adjacent to an activating group) is 1. The monoisotopic (exact) mass is 240 g/mol. The standard InChI is InChI=1S/C8H19NO5P/c1-5-8(10)14-7-6-9(2,3)15(4,11,12)13/h5,11-13H,1,6-7H2,2-4H3/q+1. The average molecular weight is 240 g/mol. The number of nitrogens with zero attached hydrogens (tertiary/aromatic N) is 1. The Balaban J connectivity index is 4.30. The SMILES string of the molecule is C=CC(=O)OCC[N+](C)(C)P(C)(O)(O)O. The predicted molar refractivity (Wildman–Crippen MR) is 57.6 cm³/mol. The van der Waals surface area contributed by atoms with Gasteiger partial charge in [-0.3, -0.25) is 0 Å². The molecular formula is C8H19NO5P+. The molecule has 6 nitrogen and oxygen atoms in total. The third kappa shape index (κ3) is 4.24. The Morgan fingerprint density at radius 2 is 1.93 bits per heavy atom. The molecule has 0 atom stereocenters. The van der Waals surface area contributed by atoms with Crippen molar-refractivity contribution in [2.45, 2.75) is 0 Å². The van der Waals surface area contributed by atoms with E-state index in [1.54, 1.807) is 0 Å². The van der Waals surface area contributed by atoms with Crippen LogP contribution in [0.4, 0.5) is 0 Å². The fourth-order valence-electron chi connectivity index (χ4n) is 0.663. The molecule has 7 heteroatoms. The van der Waals surface area contributed by atoms with Crippen LogP contribution in [-0.4, -0.2) is 58.8 Å². The van der Waals surface area contributed by atoms with Crippen molar-refractivity contribution in [3.63, 3.8) is 0 Å². The third-order valence-electron chi connectivity index (χ3n) is 2.32. The Morgan fingerprint density at radius 3 is 2.27 bits per heavy atom. The molecule has 0 spiro atoms. The summed E-state index contributed by atoms with van der Waals surface area (Å²) in [5.74, 6) is -0.583. The summed E-state index contributed by atoms with van der Waals surface area (Å²) < 4.78 is 4.26. The van der Waals surface area contributed by atoms with Crippen LogP contribution in [0.2, 0.25) is 0 Å². The van der Waals surface area contributed by atoms with Crippen molar-refractivity contribution in [2.75, 3.05) is 33.9 Å². The molecule has 0 heterocycles. The molecule has 0 aliphatic heterocycles. The minimum absolute atomic E-state index is 0.0225. The predicted octanol–water partition coefficient (Wildman–Crippen LogP) is -0.388. The number of rotatable bonds is 5. The van der Waals surface area contributed by atoms with E-state index in [2.05, 4.69) is 11.3 Å². The number of hydrogen-bond acceptors (Lipinski definition) is 5. The van der Waals surface area contributed by atoms with Gasteiger partial charge < -0.3 is 0 Å². The molecule has 0 amide bonds. The summed E-state index contributed by atoms with van der Waals surface area (Å²) in [6.45, 7) is 4.28. The van der Waals surface area contributed by atoms with Crippen LogP contribution >= 0.6 is 7.43 Å². The van der Waals surface area contributed by atoms with Gasteiger partial charge >= 0.3 is 88.4 Å². The molecule has 0 rings (SSSR count). The van der Waals surface area contributed by atoms with Gasteiger partial charge in [0.2, 0.25) is 0 Å². The van der Waals surface area contributed by atoms with Crippen molar-refractivity contribution in [3.8, 4) is 0 Å². The van der Waals surface area contributed by atoms with E-state index in [0.29, 0.717) is 0 Å². The molecule has 0 aliphatic carbocycles. The first kappa shape index (κ1) is 14.5. The number of quaternary nitrogens is 1. The van der Waals surface area contributed by atoms with Crippen LogP contribution in [0.25, 0.3) is 0 Å². The Bertz CT molecular complexity index is 259. The summed E-state index contributed by atoms with van der Waals surface area (Å²) in [4.78, 5) is 39.2. The number of ether oxygens (including phenoxy) is 1. The normalized spacial score (nSPS) is 15.2. The second kappa shape index (κ2) is 4.15. The molecule has 0 aliphatic rings. The number of carbonyl (C=O) groups excluding carboxylic acids is 1. The van der Waals surface area contributed by atoms with Crippen LogP contribution < -0.4 is 0 Å². The molecule has 3 N–H and O–H groups in total. The second-order valence-corrected chi connectivity index (χ2v) is 7.81. The van der Waals surface area contributed by atoms with Crippen LogP contribution in [0.1, 0.15) is 0 Å². The zero-order chi connectivity index (χ0) is 12.4. The van der Waals surface area contributed by atoms with E-state index < -0.39 is 17.7 Å². The van der Waals surface area contributed by atoms with Gasteiger partial charge in [0.05, 0.1) is 0 Å². The first-order valence-electron chi connectivity index (χ1n) is 4.35. The molecule has 0 aromatic carbocycles. The van der Waals surface area contributed by atoms with E-state index in [1.165, 1.54) is 14.1 Å². The first-order chi connectivity index (χ1) is 6.47. The van der Waals surface area contributed by atoms with Gasteiger partial charge in [0.25, 0.3) is 0 Å². The van der Waals surface area contributed by atoms with Gasteiger partial charge in [-0.05, 0) is 0 Å². The fourth-order valence-corrected chi connectivity index (χ4v) is 1.21. The van der Waals surface area contributed by atoms with Crippen molar-refractivity contribution in [3.05, 3.63) is 12.7 Å². The van der Waals surface area contributed by atoms with Gasteiger partial charge in [0.1, 0.15) is 0 Å². The number of hydrogen-bond donors (Lipinski definition) is 3. The summed E-state index contributed by atoms with van der Waals surface area (Å²) in [7, 11) is -1.82. The molecule has 0 fully saturated rings. The van der Waals surface area contributed by atoms with E-state index in [9.17, 15) is 19.5 Å². The second-order valence-electron chi connectivity index (χ2n) is 4.05. The van der Waals surface area contributed by atoms with E-state index in [0.717, 1.165) is 12.7 Å². The quantitative estimate of drug-likeness (QED) is 0.346. The van der Waals surface area contributed by atoms with Crippen molar-refractivity contribution in [1.29, 1.82) is 0 Å². The summed E-state index contributed by atoms with van der Waals surface area (Å²) >= 11 is 0. The van der Waals surface area contributed by atoms with E-state index in [1.807, 2.05) is 0 Å². The van der Waals surface area contributed by atoms with Gasteiger partial charge in [0.15, 0.2) is 0 Å². The maximum absolute atomic E-state index is 10.7. The average Bonchev–Trinajstić information content (AvgIpc) is 2.00. The zero-order valence-corrected chi connectivity index (χ0v) is 10.1. The summed E-state index contributed by atoms with van der Waals surface area (Å²) in [5.41, 5.74) is 0. The Morgan fingerprint density at radius 1 is 1.47 bits per heavy atom. The fraction of sp³-hybridized carbons (Fsp3) is 0.625. The molecule has 0 aromatic heterocycles. The van der Waals surface area contributed by atoms with Crippen LogP contribution in [0.15, 0.2) is 12.7 Å². The minimum atomic E-state index is -4.71. The Hall–Kier alpha value is -0.520. The third-order valence-corrected chi connectivity index (χ3v) is 5.05. The van der Waals surface area contributed by atoms with Crippen LogP contribution in [0.5, 0.6) is 0 Å². The van der Waals surface area contributed by atoms with Gasteiger partial charge in [-0.2, -0.15) is 0 Å². The maximum atomic E-state index is 10.7.